The van der Waals surface area contributed by atoms with E-state index >= 15 is 0 Å². The summed E-state index contributed by atoms with van der Waals surface area (Å²) >= 11 is 3.41. The molecule has 2 aromatic heterocycles. The monoisotopic (exact) mass is 376 g/mol. The third-order valence-corrected chi connectivity index (χ3v) is 3.88. The molecule has 2 heterocycles. The molecule has 23 heavy (non-hydrogen) atoms. The van der Waals surface area contributed by atoms with Gasteiger partial charge in [0.25, 0.3) is 5.89 Å². The number of halogens is 1. The van der Waals surface area contributed by atoms with Gasteiger partial charge in [0.05, 0.1) is 0 Å². The fourth-order valence-corrected chi connectivity index (χ4v) is 2.18. The van der Waals surface area contributed by atoms with Crippen LogP contribution in [0, 0.1) is 0 Å². The van der Waals surface area contributed by atoms with Gasteiger partial charge < -0.3 is 4.52 Å². The number of benzene rings is 1. The van der Waals surface area contributed by atoms with E-state index in [1.54, 1.807) is 0 Å². The number of nitrogens with zero attached hydrogens (tertiary/aromatic N) is 6. The minimum atomic E-state index is -0.282. The summed E-state index contributed by atoms with van der Waals surface area (Å²) in [7, 11) is 0. The Kier molecular flexibility index (Phi) is 4.01. The van der Waals surface area contributed by atoms with Crippen molar-refractivity contribution in [1.29, 1.82) is 0 Å². The van der Waals surface area contributed by atoms with Crippen LogP contribution >= 0.6 is 15.9 Å². The highest BCUT2D eigenvalue weighted by Gasteiger charge is 2.25. The van der Waals surface area contributed by atoms with Gasteiger partial charge >= 0.3 is 0 Å². The summed E-state index contributed by atoms with van der Waals surface area (Å²) in [6, 6.07) is 7.46. The Balaban J connectivity index is 1.85. The quantitative estimate of drug-likeness (QED) is 0.696. The fourth-order valence-electron chi connectivity index (χ4n) is 1.91. The number of hydrogen-bond donors (Lipinski definition) is 0. The van der Waals surface area contributed by atoms with Gasteiger partial charge in [0.1, 0.15) is 6.04 Å². The first-order valence-electron chi connectivity index (χ1n) is 7.24. The lowest BCUT2D eigenvalue weighted by molar-refractivity contribution is 0.315. The maximum Gasteiger partial charge on any atom is 0.253 e. The van der Waals surface area contributed by atoms with Crippen molar-refractivity contribution < 1.29 is 4.52 Å². The van der Waals surface area contributed by atoms with Crippen molar-refractivity contribution >= 4 is 15.9 Å². The first kappa shape index (κ1) is 15.8. The lowest BCUT2D eigenvalue weighted by atomic mass is 9.96. The second kappa shape index (κ2) is 5.84. The van der Waals surface area contributed by atoms with E-state index in [-0.39, 0.29) is 11.5 Å². The van der Waals surface area contributed by atoms with Gasteiger partial charge in [-0.25, -0.2) is 0 Å². The third-order valence-electron chi connectivity index (χ3n) is 3.35. The average Bonchev–Trinajstić information content (AvgIpc) is 3.16. The van der Waals surface area contributed by atoms with Crippen molar-refractivity contribution in [2.24, 2.45) is 0 Å². The Hall–Kier alpha value is -2.09. The van der Waals surface area contributed by atoms with Gasteiger partial charge in [-0.3, -0.25) is 0 Å². The molecule has 0 aliphatic heterocycles. The van der Waals surface area contributed by atoms with Crippen LogP contribution in [0.4, 0.5) is 0 Å². The smallest absolute Gasteiger partial charge is 0.253 e. The molecule has 1 unspecified atom stereocenters. The molecule has 8 heteroatoms. The lowest BCUT2D eigenvalue weighted by Gasteiger charge is -2.11. The molecular formula is C15H17BrN6O. The van der Waals surface area contributed by atoms with Crippen molar-refractivity contribution in [2.45, 2.75) is 39.2 Å². The topological polar surface area (TPSA) is 82.5 Å². The van der Waals surface area contributed by atoms with Gasteiger partial charge in [-0.1, -0.05) is 41.9 Å². The van der Waals surface area contributed by atoms with E-state index in [9.17, 15) is 0 Å². The minimum Gasteiger partial charge on any atom is -0.337 e. The van der Waals surface area contributed by atoms with Crippen LogP contribution in [0.5, 0.6) is 0 Å². The molecule has 0 aliphatic carbocycles. The van der Waals surface area contributed by atoms with Gasteiger partial charge in [-0.15, -0.1) is 10.2 Å². The molecule has 0 fully saturated rings. The summed E-state index contributed by atoms with van der Waals surface area (Å²) < 4.78 is 6.34. The molecule has 0 bridgehead atoms. The standard InChI is InChI=1S/C15H17BrN6O/c1-9(13-17-14(20-23-13)15(2,3)4)22-19-12(18-21-22)10-5-7-11(16)8-6-10/h5-9H,1-4H3. The molecule has 0 N–H and O–H groups in total. The predicted octanol–water partition coefficient (Wildman–Crippen LogP) is 3.39. The normalized spacial score (nSPS) is 13.3. The van der Waals surface area contributed by atoms with Gasteiger partial charge in [0, 0.05) is 15.5 Å². The van der Waals surface area contributed by atoms with E-state index in [4.69, 9.17) is 4.52 Å². The van der Waals surface area contributed by atoms with Gasteiger partial charge in [-0.2, -0.15) is 9.78 Å². The summed E-state index contributed by atoms with van der Waals surface area (Å²) in [5.41, 5.74) is 0.729. The van der Waals surface area contributed by atoms with E-state index in [0.717, 1.165) is 10.0 Å². The molecule has 3 aromatic rings. The Morgan fingerprint density at radius 3 is 2.48 bits per heavy atom. The van der Waals surface area contributed by atoms with Gasteiger partial charge in [0.15, 0.2) is 5.82 Å². The number of tetrazole rings is 1. The van der Waals surface area contributed by atoms with E-state index in [2.05, 4.69) is 41.5 Å². The molecule has 0 saturated heterocycles. The number of rotatable bonds is 3. The number of hydrogen-bond acceptors (Lipinski definition) is 6. The molecule has 0 amide bonds. The van der Waals surface area contributed by atoms with E-state index < -0.39 is 0 Å². The maximum atomic E-state index is 5.34. The summed E-state index contributed by atoms with van der Waals surface area (Å²) in [5.74, 6) is 1.68. The number of aromatic nitrogens is 6. The molecule has 1 aromatic carbocycles. The summed E-state index contributed by atoms with van der Waals surface area (Å²) in [6.07, 6.45) is 0. The highest BCUT2D eigenvalue weighted by atomic mass is 79.9. The molecule has 120 valence electrons. The Morgan fingerprint density at radius 2 is 1.87 bits per heavy atom. The highest BCUT2D eigenvalue weighted by Crippen LogP contribution is 2.23. The lowest BCUT2D eigenvalue weighted by Crippen LogP contribution is -2.15. The fraction of sp³-hybridized carbons (Fsp3) is 0.400. The molecular weight excluding hydrogens is 360 g/mol. The highest BCUT2D eigenvalue weighted by molar-refractivity contribution is 9.10. The van der Waals surface area contributed by atoms with Gasteiger partial charge in [0.2, 0.25) is 5.82 Å². The Morgan fingerprint density at radius 1 is 1.17 bits per heavy atom. The van der Waals surface area contributed by atoms with Crippen LogP contribution in [0.25, 0.3) is 11.4 Å². The van der Waals surface area contributed by atoms with Crippen molar-refractivity contribution in [3.63, 3.8) is 0 Å². The molecule has 3 rings (SSSR count). The molecule has 1 atom stereocenters. The molecule has 0 radical (unpaired) electrons. The van der Waals surface area contributed by atoms with E-state index in [1.165, 1.54) is 4.80 Å². The van der Waals surface area contributed by atoms with Crippen LogP contribution in [-0.2, 0) is 5.41 Å². The van der Waals surface area contributed by atoms with Crippen LogP contribution in [-0.4, -0.2) is 30.3 Å². The average molecular weight is 377 g/mol. The third kappa shape index (κ3) is 3.31. The summed E-state index contributed by atoms with van der Waals surface area (Å²) in [6.45, 7) is 8.00. The summed E-state index contributed by atoms with van der Waals surface area (Å²) in [5, 5.41) is 16.6. The van der Waals surface area contributed by atoms with Crippen LogP contribution in [0.15, 0.2) is 33.3 Å². The van der Waals surface area contributed by atoms with E-state index in [0.29, 0.717) is 17.5 Å². The summed E-state index contributed by atoms with van der Waals surface area (Å²) in [4.78, 5) is 5.92. The first-order chi connectivity index (χ1) is 10.8. The van der Waals surface area contributed by atoms with Crippen LogP contribution < -0.4 is 0 Å². The van der Waals surface area contributed by atoms with Crippen molar-refractivity contribution in [3.8, 4) is 11.4 Å². The molecule has 0 spiro atoms. The second-order valence-corrected chi connectivity index (χ2v) is 7.24. The van der Waals surface area contributed by atoms with Crippen molar-refractivity contribution in [3.05, 3.63) is 40.5 Å². The van der Waals surface area contributed by atoms with Crippen LogP contribution in [0.3, 0.4) is 0 Å². The van der Waals surface area contributed by atoms with E-state index in [1.807, 2.05) is 52.0 Å². The van der Waals surface area contributed by atoms with Crippen LogP contribution in [0.1, 0.15) is 45.5 Å². The molecule has 7 nitrogen and oxygen atoms in total. The maximum absolute atomic E-state index is 5.34. The Bertz CT molecular complexity index is 802. The molecule has 0 aliphatic rings. The van der Waals surface area contributed by atoms with Crippen LogP contribution in [0.2, 0.25) is 0 Å². The zero-order valence-electron chi connectivity index (χ0n) is 13.4. The van der Waals surface area contributed by atoms with Crippen molar-refractivity contribution in [2.75, 3.05) is 0 Å². The molecule has 0 saturated carbocycles. The largest absolute Gasteiger partial charge is 0.337 e. The zero-order chi connectivity index (χ0) is 16.6. The Labute approximate surface area is 142 Å². The van der Waals surface area contributed by atoms with Gasteiger partial charge in [-0.05, 0) is 36.4 Å². The predicted molar refractivity (Wildman–Crippen MR) is 87.8 cm³/mol. The minimum absolute atomic E-state index is 0.167. The first-order valence-corrected chi connectivity index (χ1v) is 8.03. The van der Waals surface area contributed by atoms with Crippen molar-refractivity contribution in [1.82, 2.24) is 30.3 Å². The SMILES string of the molecule is CC(c1nc(C(C)(C)C)no1)n1nnc(-c2ccc(Br)cc2)n1. The zero-order valence-corrected chi connectivity index (χ0v) is 14.9. The second-order valence-electron chi connectivity index (χ2n) is 6.32.